The van der Waals surface area contributed by atoms with E-state index in [9.17, 15) is 13.2 Å². The van der Waals surface area contributed by atoms with E-state index in [0.29, 0.717) is 0 Å². The maximum Gasteiger partial charge on any atom is 0.182 e. The van der Waals surface area contributed by atoms with Crippen LogP contribution < -0.4 is 0 Å². The van der Waals surface area contributed by atoms with Gasteiger partial charge in [0.2, 0.25) is 0 Å². The quantitative estimate of drug-likeness (QED) is 0.764. The first-order valence-corrected chi connectivity index (χ1v) is 9.30. The summed E-state index contributed by atoms with van der Waals surface area (Å²) in [6.45, 7) is 1.91. The molecule has 3 rings (SSSR count). The van der Waals surface area contributed by atoms with Gasteiger partial charge in [0.1, 0.15) is 6.29 Å². The van der Waals surface area contributed by atoms with E-state index in [2.05, 4.69) is 15.9 Å². The average molecular weight is 379 g/mol. The van der Waals surface area contributed by atoms with E-state index in [1.807, 2.05) is 31.2 Å². The number of aryl methyl sites for hydroxylation is 1. The molecule has 1 fully saturated rings. The molecule has 0 bridgehead atoms. The Morgan fingerprint density at radius 3 is 2.14 bits per heavy atom. The van der Waals surface area contributed by atoms with Crippen molar-refractivity contribution in [3.05, 3.63) is 64.1 Å². The molecule has 0 radical (unpaired) electrons. The number of benzene rings is 2. The van der Waals surface area contributed by atoms with Crippen molar-refractivity contribution in [1.29, 1.82) is 0 Å². The van der Waals surface area contributed by atoms with Gasteiger partial charge in [0.05, 0.1) is 10.1 Å². The van der Waals surface area contributed by atoms with Crippen LogP contribution >= 0.6 is 15.9 Å². The first-order chi connectivity index (χ1) is 10.4. The van der Waals surface area contributed by atoms with Crippen molar-refractivity contribution in [3.63, 3.8) is 0 Å². The fourth-order valence-corrected chi connectivity index (χ4v) is 5.22. The van der Waals surface area contributed by atoms with Crippen molar-refractivity contribution in [1.82, 2.24) is 0 Å². The van der Waals surface area contributed by atoms with Gasteiger partial charge in [-0.25, -0.2) is 8.42 Å². The lowest BCUT2D eigenvalue weighted by atomic mass is 10.1. The number of carbonyl (C=O) groups excluding carboxylic acids is 1. The Balaban J connectivity index is 1.95. The summed E-state index contributed by atoms with van der Waals surface area (Å²) in [7, 11) is -3.49. The van der Waals surface area contributed by atoms with Crippen molar-refractivity contribution in [2.75, 3.05) is 0 Å². The molecule has 2 aromatic rings. The zero-order valence-corrected chi connectivity index (χ0v) is 14.3. The SMILES string of the molecule is Cc1ccc(S(=O)(=O)[C@@H]2[C@@H](C=O)[C@@H]2c2ccc(Br)cc2)cc1. The number of hydrogen-bond acceptors (Lipinski definition) is 3. The molecule has 1 saturated carbocycles. The van der Waals surface area contributed by atoms with E-state index in [1.165, 1.54) is 0 Å². The maximum atomic E-state index is 12.8. The number of rotatable bonds is 4. The molecule has 0 saturated heterocycles. The van der Waals surface area contributed by atoms with Gasteiger partial charge in [-0.3, -0.25) is 0 Å². The smallest absolute Gasteiger partial charge is 0.182 e. The largest absolute Gasteiger partial charge is 0.303 e. The molecule has 1 aliphatic rings. The van der Waals surface area contributed by atoms with Crippen LogP contribution in [-0.2, 0) is 14.6 Å². The van der Waals surface area contributed by atoms with E-state index in [1.54, 1.807) is 24.3 Å². The van der Waals surface area contributed by atoms with Gasteiger partial charge in [-0.15, -0.1) is 0 Å². The minimum Gasteiger partial charge on any atom is -0.303 e. The minimum absolute atomic E-state index is 0.253. The van der Waals surface area contributed by atoms with Crippen LogP contribution in [0.2, 0.25) is 0 Å². The Kier molecular flexibility index (Phi) is 3.95. The van der Waals surface area contributed by atoms with Crippen molar-refractivity contribution < 1.29 is 13.2 Å². The van der Waals surface area contributed by atoms with Crippen LogP contribution in [0.25, 0.3) is 0 Å². The van der Waals surface area contributed by atoms with Gasteiger partial charge in [0.25, 0.3) is 0 Å². The second kappa shape index (κ2) is 5.63. The molecule has 3 atom stereocenters. The van der Waals surface area contributed by atoms with Crippen molar-refractivity contribution in [2.45, 2.75) is 23.0 Å². The second-order valence-corrected chi connectivity index (χ2v) is 8.63. The third kappa shape index (κ3) is 2.63. The molecular weight excluding hydrogens is 364 g/mol. The molecule has 114 valence electrons. The van der Waals surface area contributed by atoms with E-state index in [4.69, 9.17) is 0 Å². The average Bonchev–Trinajstić information content (AvgIpc) is 3.24. The normalized spacial score (nSPS) is 24.0. The van der Waals surface area contributed by atoms with Crippen LogP contribution in [0.5, 0.6) is 0 Å². The zero-order valence-electron chi connectivity index (χ0n) is 11.9. The van der Waals surface area contributed by atoms with Gasteiger partial charge in [-0.1, -0.05) is 45.8 Å². The lowest BCUT2D eigenvalue weighted by Crippen LogP contribution is -2.11. The van der Waals surface area contributed by atoms with Gasteiger partial charge in [-0.2, -0.15) is 0 Å². The Morgan fingerprint density at radius 1 is 1.00 bits per heavy atom. The van der Waals surface area contributed by atoms with Crippen LogP contribution in [0.1, 0.15) is 17.0 Å². The standard InChI is InChI=1S/C17H15BrO3S/c1-11-2-8-14(9-3-11)22(20,21)17-15(10-19)16(17)12-4-6-13(18)7-5-12/h2-10,15-17H,1H3/t15-,16-,17+/m0/s1. The van der Waals surface area contributed by atoms with Crippen LogP contribution in [0.4, 0.5) is 0 Å². The number of aldehydes is 1. The third-order valence-corrected chi connectivity index (χ3v) is 6.91. The molecule has 0 aliphatic heterocycles. The second-order valence-electron chi connectivity index (χ2n) is 5.61. The minimum atomic E-state index is -3.49. The van der Waals surface area contributed by atoms with Crippen LogP contribution in [-0.4, -0.2) is 20.0 Å². The number of sulfone groups is 1. The number of hydrogen-bond donors (Lipinski definition) is 0. The molecule has 3 nitrogen and oxygen atoms in total. The molecule has 0 unspecified atom stereocenters. The highest BCUT2D eigenvalue weighted by atomic mass is 79.9. The summed E-state index contributed by atoms with van der Waals surface area (Å²) in [4.78, 5) is 11.6. The fourth-order valence-electron chi connectivity index (χ4n) is 2.85. The van der Waals surface area contributed by atoms with Crippen molar-refractivity contribution in [3.8, 4) is 0 Å². The molecule has 1 aliphatic carbocycles. The van der Waals surface area contributed by atoms with E-state index in [-0.39, 0.29) is 10.8 Å². The van der Waals surface area contributed by atoms with Crippen LogP contribution in [0.3, 0.4) is 0 Å². The van der Waals surface area contributed by atoms with E-state index >= 15 is 0 Å². The zero-order chi connectivity index (χ0) is 15.9. The molecular formula is C17H15BrO3S. The van der Waals surface area contributed by atoms with Gasteiger partial charge in [0.15, 0.2) is 9.84 Å². The lowest BCUT2D eigenvalue weighted by molar-refractivity contribution is -0.108. The van der Waals surface area contributed by atoms with Gasteiger partial charge >= 0.3 is 0 Å². The Bertz CT molecular complexity index is 795. The molecule has 0 amide bonds. The summed E-state index contributed by atoms with van der Waals surface area (Å²) in [5.74, 6) is -0.718. The van der Waals surface area contributed by atoms with Crippen molar-refractivity contribution in [2.24, 2.45) is 5.92 Å². The lowest BCUT2D eigenvalue weighted by Gasteiger charge is -2.05. The predicted octanol–water partition coefficient (Wildman–Crippen LogP) is 3.51. The first kappa shape index (κ1) is 15.4. The monoisotopic (exact) mass is 378 g/mol. The highest BCUT2D eigenvalue weighted by Crippen LogP contribution is 2.52. The number of halogens is 1. The predicted molar refractivity (Wildman–Crippen MR) is 88.6 cm³/mol. The van der Waals surface area contributed by atoms with E-state index in [0.717, 1.165) is 21.9 Å². The molecule has 0 spiro atoms. The summed E-state index contributed by atoms with van der Waals surface area (Å²) < 4.78 is 26.4. The number of carbonyl (C=O) groups is 1. The molecule has 0 heterocycles. The van der Waals surface area contributed by atoms with Crippen molar-refractivity contribution >= 4 is 32.1 Å². The summed E-state index contributed by atoms with van der Waals surface area (Å²) in [5.41, 5.74) is 1.90. The van der Waals surface area contributed by atoms with Crippen LogP contribution in [0, 0.1) is 12.8 Å². The first-order valence-electron chi connectivity index (χ1n) is 6.96. The Labute approximate surface area is 138 Å². The summed E-state index contributed by atoms with van der Waals surface area (Å²) >= 11 is 3.36. The maximum absolute atomic E-state index is 12.8. The molecule has 2 aromatic carbocycles. The molecule has 0 aromatic heterocycles. The topological polar surface area (TPSA) is 51.2 Å². The highest BCUT2D eigenvalue weighted by molar-refractivity contribution is 9.10. The van der Waals surface area contributed by atoms with Gasteiger partial charge in [-0.05, 0) is 36.8 Å². The third-order valence-electron chi connectivity index (χ3n) is 4.13. The summed E-state index contributed by atoms with van der Waals surface area (Å²) in [6.07, 6.45) is 0.767. The van der Waals surface area contributed by atoms with Crippen LogP contribution in [0.15, 0.2) is 57.9 Å². The Hall–Kier alpha value is -1.46. The van der Waals surface area contributed by atoms with Gasteiger partial charge in [0, 0.05) is 16.3 Å². The molecule has 0 N–H and O–H groups in total. The summed E-state index contributed by atoms with van der Waals surface area (Å²) in [5, 5.41) is -0.658. The fraction of sp³-hybridized carbons (Fsp3) is 0.235. The summed E-state index contributed by atoms with van der Waals surface area (Å²) in [6, 6.07) is 14.3. The van der Waals surface area contributed by atoms with E-state index < -0.39 is 21.0 Å². The molecule has 22 heavy (non-hydrogen) atoms. The Morgan fingerprint density at radius 2 is 1.59 bits per heavy atom. The highest BCUT2D eigenvalue weighted by Gasteiger charge is 2.58. The molecule has 5 heteroatoms. The van der Waals surface area contributed by atoms with Gasteiger partial charge < -0.3 is 4.79 Å².